The second-order valence-electron chi connectivity index (χ2n) is 6.22. The Hall–Kier alpha value is -2.48. The van der Waals surface area contributed by atoms with Gasteiger partial charge in [0.05, 0.1) is 15.9 Å². The number of aromatic nitrogens is 2. The minimum absolute atomic E-state index is 0.0517. The van der Waals surface area contributed by atoms with Gasteiger partial charge in [-0.1, -0.05) is 47.2 Å². The minimum atomic E-state index is -0.168. The van der Waals surface area contributed by atoms with Crippen molar-refractivity contribution in [2.24, 2.45) is 0 Å². The fourth-order valence-electron chi connectivity index (χ4n) is 2.95. The van der Waals surface area contributed by atoms with Crippen LogP contribution in [0.5, 0.6) is 0 Å². The van der Waals surface area contributed by atoms with E-state index in [9.17, 15) is 9.59 Å². The molecular formula is C20H16ClN3O2S2. The number of carbonyl (C=O) groups excluding carboxylic acids is 1. The van der Waals surface area contributed by atoms with Gasteiger partial charge >= 0.3 is 4.87 Å². The minimum Gasteiger partial charge on any atom is -0.302 e. The number of halogens is 1. The van der Waals surface area contributed by atoms with Crippen LogP contribution in [-0.2, 0) is 11.3 Å². The molecule has 2 heterocycles. The van der Waals surface area contributed by atoms with Gasteiger partial charge in [0.25, 0.3) is 0 Å². The lowest BCUT2D eigenvalue weighted by molar-refractivity contribution is -0.116. The maximum Gasteiger partial charge on any atom is 0.308 e. The van der Waals surface area contributed by atoms with Crippen LogP contribution in [0.2, 0.25) is 5.02 Å². The van der Waals surface area contributed by atoms with Crippen molar-refractivity contribution in [3.05, 3.63) is 68.1 Å². The molecular weight excluding hydrogens is 414 g/mol. The summed E-state index contributed by atoms with van der Waals surface area (Å²) in [6.07, 6.45) is 0.204. The molecule has 0 bridgehead atoms. The molecule has 4 rings (SSSR count). The Morgan fingerprint density at radius 3 is 2.68 bits per heavy atom. The summed E-state index contributed by atoms with van der Waals surface area (Å²) in [5.41, 5.74) is 2.65. The lowest BCUT2D eigenvalue weighted by Gasteiger charge is -2.04. The predicted molar refractivity (Wildman–Crippen MR) is 117 cm³/mol. The summed E-state index contributed by atoms with van der Waals surface area (Å²) < 4.78 is 2.57. The molecule has 0 aliphatic carbocycles. The smallest absolute Gasteiger partial charge is 0.302 e. The lowest BCUT2D eigenvalue weighted by Crippen LogP contribution is -2.19. The summed E-state index contributed by atoms with van der Waals surface area (Å²) in [5, 5.41) is 4.06. The number of benzene rings is 2. The third-order valence-electron chi connectivity index (χ3n) is 4.30. The molecule has 0 radical (unpaired) electrons. The number of hydrogen-bond acceptors (Lipinski definition) is 5. The highest BCUT2D eigenvalue weighted by molar-refractivity contribution is 7.16. The zero-order valence-corrected chi connectivity index (χ0v) is 17.3. The first kappa shape index (κ1) is 18.9. The van der Waals surface area contributed by atoms with Crippen LogP contribution in [-0.4, -0.2) is 15.5 Å². The molecule has 2 aromatic heterocycles. The quantitative estimate of drug-likeness (QED) is 0.475. The number of fused-ring (bicyclic) bond motifs is 1. The number of nitrogens with one attached hydrogen (secondary N) is 1. The second kappa shape index (κ2) is 7.87. The van der Waals surface area contributed by atoms with Crippen LogP contribution >= 0.6 is 34.3 Å². The fraction of sp³-hybridized carbons (Fsp3) is 0.150. The molecule has 0 atom stereocenters. The SMILES string of the molecule is Cc1sc(NC(=O)CCn2c(=O)sc3ccccc32)nc1-c1ccc(Cl)cc1. The Labute approximate surface area is 174 Å². The Bertz CT molecular complexity index is 1210. The van der Waals surface area contributed by atoms with Crippen molar-refractivity contribution >= 4 is 55.5 Å². The predicted octanol–water partition coefficient (Wildman–Crippen LogP) is 5.18. The first-order valence-electron chi connectivity index (χ1n) is 8.63. The number of nitrogens with zero attached hydrogens (tertiary/aromatic N) is 2. The summed E-state index contributed by atoms with van der Waals surface area (Å²) in [4.78, 5) is 30.1. The Morgan fingerprint density at radius 1 is 1.14 bits per heavy atom. The fourth-order valence-corrected chi connectivity index (χ4v) is 4.84. The van der Waals surface area contributed by atoms with E-state index in [1.807, 2.05) is 55.5 Å². The van der Waals surface area contributed by atoms with Gasteiger partial charge in [-0.25, -0.2) is 4.98 Å². The van der Waals surface area contributed by atoms with Crippen LogP contribution in [0.1, 0.15) is 11.3 Å². The van der Waals surface area contributed by atoms with Gasteiger partial charge in [0.15, 0.2) is 5.13 Å². The van der Waals surface area contributed by atoms with Crippen molar-refractivity contribution in [3.8, 4) is 11.3 Å². The molecule has 0 unspecified atom stereocenters. The highest BCUT2D eigenvalue weighted by Gasteiger charge is 2.13. The number of thiazole rings is 2. The molecule has 1 N–H and O–H groups in total. The Kier molecular flexibility index (Phi) is 5.30. The summed E-state index contributed by atoms with van der Waals surface area (Å²) in [5.74, 6) is -0.168. The van der Waals surface area contributed by atoms with Crippen LogP contribution in [0.3, 0.4) is 0 Å². The van der Waals surface area contributed by atoms with Crippen molar-refractivity contribution in [1.82, 2.24) is 9.55 Å². The third kappa shape index (κ3) is 3.87. The molecule has 2 aromatic carbocycles. The van der Waals surface area contributed by atoms with E-state index in [0.29, 0.717) is 16.7 Å². The second-order valence-corrected chi connectivity index (χ2v) is 8.85. The molecule has 0 aliphatic heterocycles. The number of aryl methyl sites for hydroxylation is 2. The average molecular weight is 430 g/mol. The summed E-state index contributed by atoms with van der Waals surface area (Å²) in [6.45, 7) is 2.30. The van der Waals surface area contributed by atoms with Gasteiger partial charge in [0, 0.05) is 28.4 Å². The molecule has 0 spiro atoms. The van der Waals surface area contributed by atoms with Crippen molar-refractivity contribution in [1.29, 1.82) is 0 Å². The molecule has 0 saturated carbocycles. The van der Waals surface area contributed by atoms with Crippen LogP contribution in [0.15, 0.2) is 53.3 Å². The zero-order chi connectivity index (χ0) is 19.7. The average Bonchev–Trinajstić information content (AvgIpc) is 3.19. The van der Waals surface area contributed by atoms with Gasteiger partial charge in [-0.3, -0.25) is 14.2 Å². The first-order chi connectivity index (χ1) is 13.5. The van der Waals surface area contributed by atoms with Gasteiger partial charge in [-0.05, 0) is 31.2 Å². The van der Waals surface area contributed by atoms with Crippen LogP contribution in [0.4, 0.5) is 5.13 Å². The molecule has 0 fully saturated rings. The standard InChI is InChI=1S/C20H16ClN3O2S2/c1-12-18(13-6-8-14(21)9-7-13)23-19(27-12)22-17(25)10-11-24-15-4-2-3-5-16(15)28-20(24)26/h2-9H,10-11H2,1H3,(H,22,23,25). The molecule has 8 heteroatoms. The van der Waals surface area contributed by atoms with Crippen LogP contribution in [0.25, 0.3) is 21.5 Å². The van der Waals surface area contributed by atoms with E-state index in [1.54, 1.807) is 4.57 Å². The number of anilines is 1. The number of rotatable bonds is 5. The van der Waals surface area contributed by atoms with Crippen molar-refractivity contribution < 1.29 is 4.79 Å². The van der Waals surface area contributed by atoms with E-state index < -0.39 is 0 Å². The highest BCUT2D eigenvalue weighted by atomic mass is 35.5. The summed E-state index contributed by atoms with van der Waals surface area (Å²) in [6, 6.07) is 15.0. The third-order valence-corrected chi connectivity index (χ3v) is 6.40. The van der Waals surface area contributed by atoms with Gasteiger partial charge in [-0.15, -0.1) is 11.3 Å². The maximum absolute atomic E-state index is 12.4. The van der Waals surface area contributed by atoms with Crippen LogP contribution in [0, 0.1) is 6.92 Å². The van der Waals surface area contributed by atoms with Crippen molar-refractivity contribution in [2.45, 2.75) is 19.9 Å². The van der Waals surface area contributed by atoms with Gasteiger partial charge < -0.3 is 5.32 Å². The molecule has 1 amide bonds. The maximum atomic E-state index is 12.4. The molecule has 142 valence electrons. The summed E-state index contributed by atoms with van der Waals surface area (Å²) >= 11 is 8.56. The van der Waals surface area contributed by atoms with Gasteiger partial charge in [0.2, 0.25) is 5.91 Å². The van der Waals surface area contributed by atoms with Crippen molar-refractivity contribution in [3.63, 3.8) is 0 Å². The Balaban J connectivity index is 1.45. The van der Waals surface area contributed by atoms with E-state index in [0.717, 1.165) is 26.4 Å². The topological polar surface area (TPSA) is 64.0 Å². The largest absolute Gasteiger partial charge is 0.308 e. The molecule has 0 aliphatic rings. The number of hydrogen-bond donors (Lipinski definition) is 1. The number of carbonyl (C=O) groups is 1. The van der Waals surface area contributed by atoms with Gasteiger partial charge in [0.1, 0.15) is 0 Å². The monoisotopic (exact) mass is 429 g/mol. The van der Waals surface area contributed by atoms with Gasteiger partial charge in [-0.2, -0.15) is 0 Å². The van der Waals surface area contributed by atoms with Crippen LogP contribution < -0.4 is 10.2 Å². The molecule has 28 heavy (non-hydrogen) atoms. The summed E-state index contributed by atoms with van der Waals surface area (Å²) in [7, 11) is 0. The van der Waals surface area contributed by atoms with E-state index in [2.05, 4.69) is 10.3 Å². The van der Waals surface area contributed by atoms with Crippen molar-refractivity contribution in [2.75, 3.05) is 5.32 Å². The number of para-hydroxylation sites is 1. The highest BCUT2D eigenvalue weighted by Crippen LogP contribution is 2.31. The molecule has 4 aromatic rings. The first-order valence-corrected chi connectivity index (χ1v) is 10.6. The lowest BCUT2D eigenvalue weighted by atomic mass is 10.1. The molecule has 0 saturated heterocycles. The molecule has 5 nitrogen and oxygen atoms in total. The number of amides is 1. The van der Waals surface area contributed by atoms with E-state index in [1.165, 1.54) is 22.7 Å². The van der Waals surface area contributed by atoms with E-state index in [-0.39, 0.29) is 17.2 Å². The van der Waals surface area contributed by atoms with E-state index in [4.69, 9.17) is 11.6 Å². The van der Waals surface area contributed by atoms with E-state index >= 15 is 0 Å². The normalized spacial score (nSPS) is 11.1. The Morgan fingerprint density at radius 2 is 1.89 bits per heavy atom. The zero-order valence-electron chi connectivity index (χ0n) is 14.9.